The van der Waals surface area contributed by atoms with E-state index in [1.807, 2.05) is 0 Å². The Morgan fingerprint density at radius 2 is 0.548 bits per heavy atom. The molecule has 0 amide bonds. The first kappa shape index (κ1) is 91.1. The molecule has 0 fully saturated rings. The van der Waals surface area contributed by atoms with Crippen LogP contribution >= 0.6 is 15.6 Å². The van der Waals surface area contributed by atoms with Crippen LogP contribution in [0.2, 0.25) is 0 Å². The Kier molecular flexibility index (Phi) is 64.6. The molecule has 0 aliphatic carbocycles. The number of phosphoric ester groups is 2. The van der Waals surface area contributed by atoms with Gasteiger partial charge in [-0.15, -0.1) is 0 Å². The standard InChI is InChI=1S/C74H144O17P2/c1-7-10-12-14-16-18-33-40-46-52-58-73(78)90-69(62-84-71(76)56-50-44-38-17-15-13-11-8-2)64-88-92(80,81)86-60-68(75)61-87-93(82,83)89-65-70(63-85-72(77)57-51-45-39-34-30-29-31-36-42-48-54-66(4)5)91-74(79)59-53-47-41-35-28-26-24-22-20-19-21-23-25-27-32-37-43-49-55-67(6)9-3/h66-70,75H,7-65H2,1-6H3,(H,80,81)(H,82,83)/t67?,68-,69+,70+/m0/s1. The minimum atomic E-state index is -4.95. The molecular weight excluding hydrogens is 1220 g/mol. The van der Waals surface area contributed by atoms with Crippen molar-refractivity contribution >= 4 is 39.5 Å². The lowest BCUT2D eigenvalue weighted by atomic mass is 9.99. The SMILES string of the molecule is CCCCCCCCCCCCC(=O)O[C@H](COC(=O)CCCCCCCCCC)COP(=O)(O)OC[C@H](O)COP(=O)(O)OC[C@@H](COC(=O)CCCCCCCCCCCCC(C)C)OC(=O)CCCCCCCCCCCCCCCCCCCCC(C)CC. The van der Waals surface area contributed by atoms with Gasteiger partial charge in [0.1, 0.15) is 19.3 Å². The number of carbonyl (C=O) groups is 4. The topological polar surface area (TPSA) is 237 Å². The number of aliphatic hydroxyl groups excluding tert-OH is 1. The van der Waals surface area contributed by atoms with Crippen molar-refractivity contribution in [2.45, 2.75) is 400 Å². The van der Waals surface area contributed by atoms with Gasteiger partial charge in [-0.1, -0.05) is 330 Å². The summed E-state index contributed by atoms with van der Waals surface area (Å²) in [5.41, 5.74) is 0. The van der Waals surface area contributed by atoms with Gasteiger partial charge < -0.3 is 33.8 Å². The molecule has 0 saturated heterocycles. The second-order valence-electron chi connectivity index (χ2n) is 27.4. The van der Waals surface area contributed by atoms with Crippen molar-refractivity contribution in [2.24, 2.45) is 11.8 Å². The normalized spacial score (nSPS) is 14.3. The predicted octanol–water partition coefficient (Wildman–Crippen LogP) is 21.6. The monoisotopic (exact) mass is 1370 g/mol. The summed E-state index contributed by atoms with van der Waals surface area (Å²) in [4.78, 5) is 72.5. The highest BCUT2D eigenvalue weighted by Gasteiger charge is 2.30. The zero-order valence-electron chi connectivity index (χ0n) is 60.6. The van der Waals surface area contributed by atoms with Crippen LogP contribution in [0.5, 0.6) is 0 Å². The Labute approximate surface area is 568 Å². The molecule has 0 aliphatic rings. The molecule has 0 spiro atoms. The maximum Gasteiger partial charge on any atom is 0.472 e. The van der Waals surface area contributed by atoms with Gasteiger partial charge in [0, 0.05) is 25.7 Å². The van der Waals surface area contributed by atoms with Gasteiger partial charge >= 0.3 is 39.5 Å². The maximum absolute atomic E-state index is 13.1. The van der Waals surface area contributed by atoms with Crippen LogP contribution < -0.4 is 0 Å². The van der Waals surface area contributed by atoms with Crippen molar-refractivity contribution in [2.75, 3.05) is 39.6 Å². The van der Waals surface area contributed by atoms with Gasteiger partial charge in [0.05, 0.1) is 26.4 Å². The van der Waals surface area contributed by atoms with E-state index in [4.69, 9.17) is 37.0 Å². The van der Waals surface area contributed by atoms with Gasteiger partial charge in [0.25, 0.3) is 0 Å². The highest BCUT2D eigenvalue weighted by Crippen LogP contribution is 2.45. The van der Waals surface area contributed by atoms with Crippen LogP contribution in [0.15, 0.2) is 0 Å². The Bertz CT molecular complexity index is 1810. The fraction of sp³-hybridized carbons (Fsp3) is 0.946. The lowest BCUT2D eigenvalue weighted by Crippen LogP contribution is -2.30. The van der Waals surface area contributed by atoms with Gasteiger partial charge in [0.2, 0.25) is 0 Å². The van der Waals surface area contributed by atoms with E-state index in [9.17, 15) is 43.2 Å². The van der Waals surface area contributed by atoms with Crippen LogP contribution in [-0.2, 0) is 65.4 Å². The zero-order chi connectivity index (χ0) is 68.6. The molecule has 0 aromatic carbocycles. The minimum Gasteiger partial charge on any atom is -0.462 e. The van der Waals surface area contributed by atoms with Crippen molar-refractivity contribution in [3.63, 3.8) is 0 Å². The number of rotatable bonds is 73. The smallest absolute Gasteiger partial charge is 0.462 e. The number of hydrogen-bond donors (Lipinski definition) is 3. The third-order valence-corrected chi connectivity index (χ3v) is 19.5. The molecule has 3 N–H and O–H groups in total. The fourth-order valence-electron chi connectivity index (χ4n) is 11.3. The highest BCUT2D eigenvalue weighted by molar-refractivity contribution is 7.47. The van der Waals surface area contributed by atoms with Crippen molar-refractivity contribution in [3.8, 4) is 0 Å². The molecule has 93 heavy (non-hydrogen) atoms. The molecule has 0 rings (SSSR count). The van der Waals surface area contributed by atoms with Crippen molar-refractivity contribution in [1.82, 2.24) is 0 Å². The molecule has 17 nitrogen and oxygen atoms in total. The molecule has 0 aromatic rings. The molecule has 0 aromatic heterocycles. The summed E-state index contributed by atoms with van der Waals surface area (Å²) in [6.07, 6.45) is 52.8. The predicted molar refractivity (Wildman–Crippen MR) is 377 cm³/mol. The molecule has 552 valence electrons. The number of hydrogen-bond acceptors (Lipinski definition) is 15. The quantitative estimate of drug-likeness (QED) is 0.0222. The first-order valence-electron chi connectivity index (χ1n) is 38.5. The molecule has 6 atom stereocenters. The molecule has 0 radical (unpaired) electrons. The van der Waals surface area contributed by atoms with Crippen LogP contribution in [-0.4, -0.2) is 96.7 Å². The molecular formula is C74H144O17P2. The number of phosphoric acid groups is 2. The number of ether oxygens (including phenoxy) is 4. The Balaban J connectivity index is 5.15. The van der Waals surface area contributed by atoms with Crippen LogP contribution in [0.3, 0.4) is 0 Å². The van der Waals surface area contributed by atoms with Crippen molar-refractivity contribution in [3.05, 3.63) is 0 Å². The maximum atomic E-state index is 13.1. The van der Waals surface area contributed by atoms with Crippen molar-refractivity contribution < 1.29 is 80.2 Å². The van der Waals surface area contributed by atoms with Crippen LogP contribution in [0.25, 0.3) is 0 Å². The van der Waals surface area contributed by atoms with E-state index in [0.29, 0.717) is 25.7 Å². The molecule has 19 heteroatoms. The van der Waals surface area contributed by atoms with E-state index < -0.39 is 97.5 Å². The first-order valence-corrected chi connectivity index (χ1v) is 41.5. The molecule has 0 saturated carbocycles. The average molecular weight is 1370 g/mol. The lowest BCUT2D eigenvalue weighted by molar-refractivity contribution is -0.161. The van der Waals surface area contributed by atoms with Gasteiger partial charge in [0.15, 0.2) is 12.2 Å². The average Bonchev–Trinajstić information content (AvgIpc) is 3.73. The van der Waals surface area contributed by atoms with E-state index in [0.717, 1.165) is 108 Å². The summed E-state index contributed by atoms with van der Waals surface area (Å²) >= 11 is 0. The van der Waals surface area contributed by atoms with Crippen molar-refractivity contribution in [1.29, 1.82) is 0 Å². The van der Waals surface area contributed by atoms with Gasteiger partial charge in [-0.05, 0) is 37.5 Å². The minimum absolute atomic E-state index is 0.106. The summed E-state index contributed by atoms with van der Waals surface area (Å²) in [5, 5.41) is 10.6. The Morgan fingerprint density at radius 3 is 0.817 bits per heavy atom. The van der Waals surface area contributed by atoms with E-state index in [1.165, 1.54) is 193 Å². The fourth-order valence-corrected chi connectivity index (χ4v) is 12.8. The largest absolute Gasteiger partial charge is 0.472 e. The number of carbonyl (C=O) groups excluding carboxylic acids is 4. The third kappa shape index (κ3) is 67.0. The first-order chi connectivity index (χ1) is 44.9. The molecule has 0 aliphatic heterocycles. The van der Waals surface area contributed by atoms with Gasteiger partial charge in [-0.3, -0.25) is 37.3 Å². The molecule has 0 bridgehead atoms. The van der Waals surface area contributed by atoms with Crippen LogP contribution in [0, 0.1) is 11.8 Å². The molecule has 3 unspecified atom stereocenters. The lowest BCUT2D eigenvalue weighted by Gasteiger charge is -2.21. The summed E-state index contributed by atoms with van der Waals surface area (Å²) in [7, 11) is -9.90. The number of aliphatic hydroxyl groups is 1. The summed E-state index contributed by atoms with van der Waals surface area (Å²) < 4.78 is 68.3. The number of unbranched alkanes of at least 4 members (excludes halogenated alkanes) is 42. The zero-order valence-corrected chi connectivity index (χ0v) is 62.3. The van der Waals surface area contributed by atoms with Gasteiger partial charge in [-0.25, -0.2) is 9.13 Å². The van der Waals surface area contributed by atoms with E-state index in [2.05, 4.69) is 41.5 Å². The second-order valence-corrected chi connectivity index (χ2v) is 30.3. The third-order valence-electron chi connectivity index (χ3n) is 17.6. The highest BCUT2D eigenvalue weighted by atomic mass is 31.2. The van der Waals surface area contributed by atoms with E-state index >= 15 is 0 Å². The molecule has 0 heterocycles. The Morgan fingerprint density at radius 1 is 0.312 bits per heavy atom. The second kappa shape index (κ2) is 66.0. The Hall–Kier alpha value is -1.94. The van der Waals surface area contributed by atoms with Gasteiger partial charge in [-0.2, -0.15) is 0 Å². The summed E-state index contributed by atoms with van der Waals surface area (Å²) in [6, 6.07) is 0. The summed E-state index contributed by atoms with van der Waals surface area (Å²) in [6.45, 7) is 9.60. The summed E-state index contributed by atoms with van der Waals surface area (Å²) in [5.74, 6) is -0.493. The van der Waals surface area contributed by atoms with E-state index in [1.54, 1.807) is 0 Å². The van der Waals surface area contributed by atoms with E-state index in [-0.39, 0.29) is 25.7 Å². The number of esters is 4. The van der Waals surface area contributed by atoms with Crippen LogP contribution in [0.1, 0.15) is 382 Å². The van der Waals surface area contributed by atoms with Crippen LogP contribution in [0.4, 0.5) is 0 Å².